The summed E-state index contributed by atoms with van der Waals surface area (Å²) in [5.41, 5.74) is 10.6. The Morgan fingerprint density at radius 3 is 1.73 bits per heavy atom. The summed E-state index contributed by atoms with van der Waals surface area (Å²) >= 11 is 7.29. The summed E-state index contributed by atoms with van der Waals surface area (Å²) in [4.78, 5) is 17.9. The normalized spacial score (nSPS) is 18.7. The summed E-state index contributed by atoms with van der Waals surface area (Å²) in [6.07, 6.45) is 2.90. The van der Waals surface area contributed by atoms with Crippen molar-refractivity contribution in [3.05, 3.63) is 163 Å². The van der Waals surface area contributed by atoms with E-state index >= 15 is 0 Å². The van der Waals surface area contributed by atoms with Crippen molar-refractivity contribution in [1.82, 2.24) is 9.80 Å². The lowest BCUT2D eigenvalue weighted by Crippen LogP contribution is -2.31. The van der Waals surface area contributed by atoms with E-state index in [1.807, 2.05) is 78.0 Å². The molecule has 0 aromatic heterocycles. The van der Waals surface area contributed by atoms with Gasteiger partial charge in [-0.2, -0.15) is 0 Å². The SMILES string of the molecule is O=C1C2=C3c4ccc(Br)cc4C(c4ccccc4)=CN3C(O)C2=C2c3ccc(Br)cc3C(c3ccccc3)=CN12. The summed E-state index contributed by atoms with van der Waals surface area (Å²) in [5, 5.41) is 11.9. The minimum Gasteiger partial charge on any atom is -0.369 e. The number of hydrogen-bond donors (Lipinski definition) is 1. The van der Waals surface area contributed by atoms with Crippen LogP contribution < -0.4 is 0 Å². The summed E-state index contributed by atoms with van der Waals surface area (Å²) < 4.78 is 1.91. The molecule has 0 saturated carbocycles. The first-order valence-electron chi connectivity index (χ1n) is 12.9. The van der Waals surface area contributed by atoms with Crippen molar-refractivity contribution >= 4 is 60.3 Å². The lowest BCUT2D eigenvalue weighted by Gasteiger charge is -2.33. The topological polar surface area (TPSA) is 43.8 Å². The zero-order chi connectivity index (χ0) is 27.1. The molecule has 0 radical (unpaired) electrons. The average Bonchev–Trinajstić information content (AvgIpc) is 3.44. The minimum absolute atomic E-state index is 0.131. The molecule has 4 aromatic rings. The highest BCUT2D eigenvalue weighted by Crippen LogP contribution is 2.54. The Labute approximate surface area is 248 Å². The number of aliphatic hydroxyl groups excluding tert-OH is 1. The second-order valence-corrected chi connectivity index (χ2v) is 12.0. The fraction of sp³-hybridized carbons (Fsp3) is 0.0294. The van der Waals surface area contributed by atoms with Gasteiger partial charge in [0.25, 0.3) is 5.91 Å². The average molecular weight is 648 g/mol. The Morgan fingerprint density at radius 1 is 0.625 bits per heavy atom. The van der Waals surface area contributed by atoms with Gasteiger partial charge in [-0.05, 0) is 46.5 Å². The molecule has 6 heteroatoms. The molecule has 1 amide bonds. The molecule has 0 bridgehead atoms. The van der Waals surface area contributed by atoms with Crippen molar-refractivity contribution in [3.8, 4) is 0 Å². The van der Waals surface area contributed by atoms with Crippen LogP contribution >= 0.6 is 31.9 Å². The van der Waals surface area contributed by atoms with Gasteiger partial charge in [0.1, 0.15) is 0 Å². The molecule has 0 saturated heterocycles. The first-order chi connectivity index (χ1) is 19.5. The molecular formula is C34H20Br2N2O2. The van der Waals surface area contributed by atoms with E-state index in [1.165, 1.54) is 0 Å². The fourth-order valence-corrected chi connectivity index (χ4v) is 6.98. The molecule has 8 rings (SSSR count). The number of hydrogen-bond acceptors (Lipinski definition) is 3. The maximum atomic E-state index is 14.3. The maximum absolute atomic E-state index is 14.3. The Bertz CT molecular complexity index is 1910. The monoisotopic (exact) mass is 646 g/mol. The Hall–Kier alpha value is -3.97. The molecule has 40 heavy (non-hydrogen) atoms. The van der Waals surface area contributed by atoms with E-state index in [2.05, 4.69) is 68.3 Å². The van der Waals surface area contributed by atoms with Crippen molar-refractivity contribution in [2.45, 2.75) is 6.23 Å². The summed E-state index contributed by atoms with van der Waals surface area (Å²) in [6.45, 7) is 0. The van der Waals surface area contributed by atoms with Crippen molar-refractivity contribution in [2.24, 2.45) is 0 Å². The first kappa shape index (κ1) is 23.9. The Balaban J connectivity index is 1.40. The molecule has 4 aliphatic rings. The van der Waals surface area contributed by atoms with E-state index in [0.29, 0.717) is 11.1 Å². The van der Waals surface area contributed by atoms with Crippen LogP contribution in [0.1, 0.15) is 33.4 Å². The van der Waals surface area contributed by atoms with Crippen molar-refractivity contribution < 1.29 is 9.90 Å². The van der Waals surface area contributed by atoms with Crippen molar-refractivity contribution in [2.75, 3.05) is 0 Å². The zero-order valence-corrected chi connectivity index (χ0v) is 24.1. The molecule has 192 valence electrons. The summed E-state index contributed by atoms with van der Waals surface area (Å²) in [5.74, 6) is -0.131. The highest BCUT2D eigenvalue weighted by Gasteiger charge is 2.50. The number of aliphatic hydroxyl groups is 1. The van der Waals surface area contributed by atoms with Crippen LogP contribution in [0.5, 0.6) is 0 Å². The van der Waals surface area contributed by atoms with Gasteiger partial charge in [-0.25, -0.2) is 0 Å². The number of carbonyl (C=O) groups excluding carboxylic acids is 1. The van der Waals surface area contributed by atoms with Crippen LogP contribution in [0.3, 0.4) is 0 Å². The number of fused-ring (bicyclic) bond motifs is 7. The highest BCUT2D eigenvalue weighted by atomic mass is 79.9. The Morgan fingerprint density at radius 2 is 1.15 bits per heavy atom. The van der Waals surface area contributed by atoms with Crippen molar-refractivity contribution in [1.29, 1.82) is 0 Å². The first-order valence-corrected chi connectivity index (χ1v) is 14.5. The molecule has 4 aliphatic heterocycles. The standard InChI is InChI=1S/C34H20Br2N2O2/c35-21-11-13-23-25(15-21)27(19-7-3-1-4-8-19)17-37-31(23)29-30(33(37)39)32-24-14-12-22(36)16-26(24)28(18-38(32)34(29)40)20-9-5-2-6-10-20/h1-18,33,39H. The molecule has 4 heterocycles. The van der Waals surface area contributed by atoms with Gasteiger partial charge in [0.05, 0.1) is 17.0 Å². The van der Waals surface area contributed by atoms with Crippen LogP contribution in [0, 0.1) is 0 Å². The minimum atomic E-state index is -1.01. The zero-order valence-electron chi connectivity index (χ0n) is 21.0. The fourth-order valence-electron chi connectivity index (χ4n) is 6.26. The lowest BCUT2D eigenvalue weighted by atomic mass is 9.89. The van der Waals surface area contributed by atoms with E-state index < -0.39 is 6.23 Å². The number of rotatable bonds is 2. The maximum Gasteiger partial charge on any atom is 0.265 e. The third kappa shape index (κ3) is 3.30. The molecule has 0 aliphatic carbocycles. The number of halogens is 2. The second-order valence-electron chi connectivity index (χ2n) is 10.1. The summed E-state index contributed by atoms with van der Waals surface area (Å²) in [7, 11) is 0. The van der Waals surface area contributed by atoms with Gasteiger partial charge in [-0.1, -0.05) is 105 Å². The third-order valence-corrected chi connectivity index (χ3v) is 8.95. The van der Waals surface area contributed by atoms with Gasteiger partial charge in [0, 0.05) is 49.2 Å². The van der Waals surface area contributed by atoms with Crippen LogP contribution in [0.4, 0.5) is 0 Å². The molecule has 1 unspecified atom stereocenters. The van der Waals surface area contributed by atoms with Crippen LogP contribution in [0.15, 0.2) is 130 Å². The molecule has 4 aromatic carbocycles. The Kier molecular flexibility index (Phi) is 5.23. The van der Waals surface area contributed by atoms with Gasteiger partial charge in [0.2, 0.25) is 0 Å². The smallest absolute Gasteiger partial charge is 0.265 e. The quantitative estimate of drug-likeness (QED) is 0.244. The summed E-state index contributed by atoms with van der Waals surface area (Å²) in [6, 6.07) is 32.5. The van der Waals surface area contributed by atoms with E-state index in [-0.39, 0.29) is 5.91 Å². The third-order valence-electron chi connectivity index (χ3n) is 7.96. The van der Waals surface area contributed by atoms with E-state index in [1.54, 1.807) is 4.90 Å². The molecule has 0 spiro atoms. The number of benzene rings is 4. The number of amides is 1. The molecular weight excluding hydrogens is 628 g/mol. The van der Waals surface area contributed by atoms with Gasteiger partial charge in [-0.15, -0.1) is 0 Å². The van der Waals surface area contributed by atoms with Crippen LogP contribution in [-0.2, 0) is 4.79 Å². The highest BCUT2D eigenvalue weighted by molar-refractivity contribution is 9.10. The molecule has 4 nitrogen and oxygen atoms in total. The lowest BCUT2D eigenvalue weighted by molar-refractivity contribution is -0.121. The van der Waals surface area contributed by atoms with E-state index in [0.717, 1.165) is 64.9 Å². The molecule has 1 N–H and O–H groups in total. The van der Waals surface area contributed by atoms with Crippen LogP contribution in [-0.4, -0.2) is 27.0 Å². The number of carbonyl (C=O) groups is 1. The second kappa shape index (κ2) is 8.77. The van der Waals surface area contributed by atoms with Crippen molar-refractivity contribution in [3.63, 3.8) is 0 Å². The van der Waals surface area contributed by atoms with E-state index in [9.17, 15) is 9.90 Å². The largest absolute Gasteiger partial charge is 0.369 e. The van der Waals surface area contributed by atoms with E-state index in [4.69, 9.17) is 0 Å². The van der Waals surface area contributed by atoms with Crippen LogP contribution in [0.2, 0.25) is 0 Å². The van der Waals surface area contributed by atoms with Gasteiger partial charge in [-0.3, -0.25) is 9.69 Å². The van der Waals surface area contributed by atoms with Gasteiger partial charge >= 0.3 is 0 Å². The molecule has 0 fully saturated rings. The van der Waals surface area contributed by atoms with Crippen LogP contribution in [0.25, 0.3) is 22.5 Å². The predicted molar refractivity (Wildman–Crippen MR) is 164 cm³/mol. The molecule has 1 atom stereocenters. The predicted octanol–water partition coefficient (Wildman–Crippen LogP) is 7.62. The van der Waals surface area contributed by atoms with Gasteiger partial charge in [0.15, 0.2) is 6.23 Å². The number of nitrogens with zero attached hydrogens (tertiary/aromatic N) is 2. The van der Waals surface area contributed by atoms with Gasteiger partial charge < -0.3 is 10.0 Å².